The highest BCUT2D eigenvalue weighted by Crippen LogP contribution is 2.46. The van der Waals surface area contributed by atoms with Crippen molar-refractivity contribution in [3.8, 4) is 33.4 Å². The fourth-order valence-electron chi connectivity index (χ4n) is 7.19. The average molecular weight is 557 g/mol. The molecule has 9 rings (SSSR count). The second kappa shape index (κ2) is 9.93. The molecule has 0 atom stereocenters. The molecular weight excluding hydrogens is 528 g/mol. The third-order valence-electron chi connectivity index (χ3n) is 9.24. The predicted molar refractivity (Wildman–Crippen MR) is 190 cm³/mol. The Labute approximate surface area is 256 Å². The van der Waals surface area contributed by atoms with Crippen molar-refractivity contribution < 1.29 is 0 Å². The predicted octanol–water partition coefficient (Wildman–Crippen LogP) is 12.5. The number of hydrogen-bond donors (Lipinski definition) is 0. The van der Waals surface area contributed by atoms with Gasteiger partial charge in [0.15, 0.2) is 0 Å². The molecule has 0 amide bonds. The summed E-state index contributed by atoms with van der Waals surface area (Å²) >= 11 is 0. The minimum absolute atomic E-state index is 1.23. The van der Waals surface area contributed by atoms with E-state index in [1.807, 2.05) is 0 Å². The molecule has 0 N–H and O–H groups in total. The van der Waals surface area contributed by atoms with E-state index < -0.39 is 0 Å². The first-order valence-corrected chi connectivity index (χ1v) is 15.3. The van der Waals surface area contributed by atoms with Crippen LogP contribution in [0.2, 0.25) is 0 Å². The molecule has 0 fully saturated rings. The number of fused-ring (bicyclic) bond motifs is 6. The van der Waals surface area contributed by atoms with Crippen LogP contribution in [0.1, 0.15) is 0 Å². The summed E-state index contributed by atoms with van der Waals surface area (Å²) in [5.41, 5.74) is 7.57. The van der Waals surface area contributed by atoms with Crippen molar-refractivity contribution >= 4 is 53.9 Å². The summed E-state index contributed by atoms with van der Waals surface area (Å²) < 4.78 is 0. The van der Waals surface area contributed by atoms with Crippen molar-refractivity contribution in [2.75, 3.05) is 0 Å². The highest BCUT2D eigenvalue weighted by atomic mass is 14.2. The van der Waals surface area contributed by atoms with E-state index in [1.54, 1.807) is 0 Å². The number of rotatable bonds is 3. The molecule has 0 bridgehead atoms. The van der Waals surface area contributed by atoms with E-state index in [1.165, 1.54) is 87.2 Å². The lowest BCUT2D eigenvalue weighted by atomic mass is 9.84. The van der Waals surface area contributed by atoms with E-state index in [4.69, 9.17) is 0 Å². The molecule has 0 radical (unpaired) electrons. The fourth-order valence-corrected chi connectivity index (χ4v) is 7.19. The van der Waals surface area contributed by atoms with Crippen LogP contribution in [0.3, 0.4) is 0 Å². The first-order chi connectivity index (χ1) is 21.8. The Morgan fingerprint density at radius 1 is 0.227 bits per heavy atom. The summed E-state index contributed by atoms with van der Waals surface area (Å²) in [6.45, 7) is 0. The Bertz CT molecular complexity index is 2480. The lowest BCUT2D eigenvalue weighted by Crippen LogP contribution is -1.92. The first kappa shape index (κ1) is 24.8. The molecule has 9 aromatic rings. The Balaban J connectivity index is 1.28. The topological polar surface area (TPSA) is 0 Å². The van der Waals surface area contributed by atoms with Gasteiger partial charge in [-0.05, 0) is 93.3 Å². The molecule has 0 nitrogen and oxygen atoms in total. The second-order valence-electron chi connectivity index (χ2n) is 11.7. The molecule has 0 aliphatic carbocycles. The van der Waals surface area contributed by atoms with Crippen molar-refractivity contribution in [2.24, 2.45) is 0 Å². The van der Waals surface area contributed by atoms with Crippen LogP contribution in [-0.4, -0.2) is 0 Å². The Hall–Kier alpha value is -5.72. The van der Waals surface area contributed by atoms with Gasteiger partial charge in [0.2, 0.25) is 0 Å². The normalized spacial score (nSPS) is 11.6. The zero-order chi connectivity index (χ0) is 29.0. The van der Waals surface area contributed by atoms with Gasteiger partial charge in [-0.3, -0.25) is 0 Å². The molecule has 0 aliphatic rings. The summed E-state index contributed by atoms with van der Waals surface area (Å²) in [6, 6.07) is 62.3. The average Bonchev–Trinajstić information content (AvgIpc) is 3.10. The SMILES string of the molecule is c1ccc2cc(-c3ccc(-c4c5ccccc5c(-c5cccc6c5ccc5ccccc56)c5ccccc45)cc3)ccc2c1. The van der Waals surface area contributed by atoms with Gasteiger partial charge in [0, 0.05) is 0 Å². The number of hydrogen-bond acceptors (Lipinski definition) is 0. The molecule has 9 aromatic carbocycles. The van der Waals surface area contributed by atoms with Crippen LogP contribution in [0, 0.1) is 0 Å². The van der Waals surface area contributed by atoms with Crippen LogP contribution in [0.15, 0.2) is 170 Å². The van der Waals surface area contributed by atoms with Crippen LogP contribution < -0.4 is 0 Å². The van der Waals surface area contributed by atoms with Crippen LogP contribution in [0.5, 0.6) is 0 Å². The van der Waals surface area contributed by atoms with Gasteiger partial charge in [-0.1, -0.05) is 164 Å². The maximum atomic E-state index is 2.30. The largest absolute Gasteiger partial charge is 0.0616 e. The van der Waals surface area contributed by atoms with Gasteiger partial charge >= 0.3 is 0 Å². The molecule has 0 spiro atoms. The molecular formula is C44H28. The summed E-state index contributed by atoms with van der Waals surface area (Å²) in [7, 11) is 0. The molecule has 0 saturated carbocycles. The third-order valence-corrected chi connectivity index (χ3v) is 9.24. The summed E-state index contributed by atoms with van der Waals surface area (Å²) in [5.74, 6) is 0. The molecule has 0 aromatic heterocycles. The monoisotopic (exact) mass is 556 g/mol. The summed E-state index contributed by atoms with van der Waals surface area (Å²) in [6.07, 6.45) is 0. The lowest BCUT2D eigenvalue weighted by Gasteiger charge is -2.19. The van der Waals surface area contributed by atoms with Crippen molar-refractivity contribution in [3.05, 3.63) is 170 Å². The second-order valence-corrected chi connectivity index (χ2v) is 11.7. The maximum Gasteiger partial charge on any atom is -0.00201 e. The van der Waals surface area contributed by atoms with E-state index in [0.717, 1.165) is 0 Å². The number of benzene rings is 9. The minimum Gasteiger partial charge on any atom is -0.0616 e. The molecule has 0 saturated heterocycles. The lowest BCUT2D eigenvalue weighted by molar-refractivity contribution is 1.63. The molecule has 0 heteroatoms. The van der Waals surface area contributed by atoms with Crippen molar-refractivity contribution in [1.29, 1.82) is 0 Å². The van der Waals surface area contributed by atoms with Crippen molar-refractivity contribution in [2.45, 2.75) is 0 Å². The Morgan fingerprint density at radius 3 is 1.43 bits per heavy atom. The van der Waals surface area contributed by atoms with E-state index >= 15 is 0 Å². The van der Waals surface area contributed by atoms with Gasteiger partial charge in [0.25, 0.3) is 0 Å². The van der Waals surface area contributed by atoms with Crippen LogP contribution in [0.4, 0.5) is 0 Å². The zero-order valence-electron chi connectivity index (χ0n) is 24.2. The van der Waals surface area contributed by atoms with Gasteiger partial charge in [0.1, 0.15) is 0 Å². The van der Waals surface area contributed by atoms with E-state index in [2.05, 4.69) is 170 Å². The first-order valence-electron chi connectivity index (χ1n) is 15.3. The van der Waals surface area contributed by atoms with Crippen molar-refractivity contribution in [1.82, 2.24) is 0 Å². The highest BCUT2D eigenvalue weighted by Gasteiger charge is 2.18. The van der Waals surface area contributed by atoms with Crippen LogP contribution >= 0.6 is 0 Å². The van der Waals surface area contributed by atoms with Gasteiger partial charge < -0.3 is 0 Å². The summed E-state index contributed by atoms with van der Waals surface area (Å²) in [4.78, 5) is 0. The van der Waals surface area contributed by atoms with Gasteiger partial charge in [-0.25, -0.2) is 0 Å². The van der Waals surface area contributed by atoms with Crippen LogP contribution in [0.25, 0.3) is 87.2 Å². The maximum absolute atomic E-state index is 2.30. The minimum atomic E-state index is 1.23. The van der Waals surface area contributed by atoms with E-state index in [9.17, 15) is 0 Å². The smallest absolute Gasteiger partial charge is 0.00201 e. The fraction of sp³-hybridized carbons (Fsp3) is 0. The molecule has 0 heterocycles. The molecule has 204 valence electrons. The molecule has 0 aliphatic heterocycles. The molecule has 0 unspecified atom stereocenters. The van der Waals surface area contributed by atoms with Gasteiger partial charge in [0.05, 0.1) is 0 Å². The standard InChI is InChI=1S/C44H28/c1-2-12-33-28-34(25-22-29(33)10-1)30-20-23-32(24-21-30)43-39-14-5-7-16-41(39)44(42-17-8-6-15-40(42)43)38-19-9-18-36-35-13-4-3-11-31(35)26-27-37(36)38/h1-28H. The van der Waals surface area contributed by atoms with E-state index in [-0.39, 0.29) is 0 Å². The highest BCUT2D eigenvalue weighted by molar-refractivity contribution is 6.24. The van der Waals surface area contributed by atoms with E-state index in [0.29, 0.717) is 0 Å². The Morgan fingerprint density at radius 2 is 0.727 bits per heavy atom. The quantitative estimate of drug-likeness (QED) is 0.150. The van der Waals surface area contributed by atoms with Crippen molar-refractivity contribution in [3.63, 3.8) is 0 Å². The Kier molecular flexibility index (Phi) is 5.61. The van der Waals surface area contributed by atoms with Crippen LogP contribution in [-0.2, 0) is 0 Å². The van der Waals surface area contributed by atoms with Gasteiger partial charge in [-0.15, -0.1) is 0 Å². The van der Waals surface area contributed by atoms with Gasteiger partial charge in [-0.2, -0.15) is 0 Å². The summed E-state index contributed by atoms with van der Waals surface area (Å²) in [5, 5.41) is 12.8. The zero-order valence-corrected chi connectivity index (χ0v) is 24.2. The third kappa shape index (κ3) is 3.85. The molecule has 44 heavy (non-hydrogen) atoms.